The van der Waals surface area contributed by atoms with Crippen molar-refractivity contribution >= 4 is 22.0 Å². The number of carbonyl (C=O) groups excluding carboxylic acids is 2. The highest BCUT2D eigenvalue weighted by Crippen LogP contribution is 2.20. The molecule has 0 radical (unpaired) electrons. The van der Waals surface area contributed by atoms with Crippen molar-refractivity contribution in [1.29, 1.82) is 0 Å². The average Bonchev–Trinajstić information content (AvgIpc) is 2.68. The number of hydrogen-bond donors (Lipinski definition) is 1. The first-order chi connectivity index (χ1) is 13.3. The fraction of sp³-hybridized carbons (Fsp3) is 0.300. The predicted octanol–water partition coefficient (Wildman–Crippen LogP) is 2.00. The van der Waals surface area contributed by atoms with Crippen molar-refractivity contribution in [1.82, 2.24) is 5.32 Å². The van der Waals surface area contributed by atoms with Crippen LogP contribution in [-0.2, 0) is 35.2 Å². The van der Waals surface area contributed by atoms with Crippen LogP contribution >= 0.6 is 0 Å². The standard InChI is InChI=1S/C20H23NO6S/c1-28(24,25)27-15-18(17-10-6-3-7-11-17)12-19(22)21-13-20(23)26-14-16-8-4-2-5-9-16/h2-11,18H,12-15H2,1H3,(H,21,22). The van der Waals surface area contributed by atoms with E-state index < -0.39 is 27.9 Å². The van der Waals surface area contributed by atoms with Gasteiger partial charge in [0.25, 0.3) is 10.1 Å². The first-order valence-corrected chi connectivity index (χ1v) is 10.5. The minimum atomic E-state index is -3.63. The molecule has 1 N–H and O–H groups in total. The van der Waals surface area contributed by atoms with Crippen LogP contribution in [0.15, 0.2) is 60.7 Å². The Balaban J connectivity index is 1.84. The van der Waals surface area contributed by atoms with Gasteiger partial charge in [-0.1, -0.05) is 60.7 Å². The summed E-state index contributed by atoms with van der Waals surface area (Å²) in [5, 5.41) is 2.50. The Morgan fingerprint density at radius 3 is 2.21 bits per heavy atom. The van der Waals surface area contributed by atoms with Gasteiger partial charge in [0.15, 0.2) is 0 Å². The number of carbonyl (C=O) groups is 2. The van der Waals surface area contributed by atoms with Crippen molar-refractivity contribution in [2.24, 2.45) is 0 Å². The van der Waals surface area contributed by atoms with Gasteiger partial charge < -0.3 is 10.1 Å². The van der Waals surface area contributed by atoms with Crippen LogP contribution in [0.25, 0.3) is 0 Å². The highest BCUT2D eigenvalue weighted by atomic mass is 32.2. The van der Waals surface area contributed by atoms with Crippen molar-refractivity contribution in [3.05, 3.63) is 71.8 Å². The van der Waals surface area contributed by atoms with Crippen LogP contribution in [0, 0.1) is 0 Å². The molecular formula is C20H23NO6S. The summed E-state index contributed by atoms with van der Waals surface area (Å²) in [6.45, 7) is -0.292. The molecule has 8 heteroatoms. The zero-order chi connectivity index (χ0) is 20.4. The van der Waals surface area contributed by atoms with E-state index in [2.05, 4.69) is 5.32 Å². The minimum Gasteiger partial charge on any atom is -0.460 e. The molecule has 0 saturated carbocycles. The summed E-state index contributed by atoms with van der Waals surface area (Å²) < 4.78 is 32.5. The molecule has 0 aromatic heterocycles. The van der Waals surface area contributed by atoms with E-state index in [0.717, 1.165) is 17.4 Å². The molecule has 1 atom stereocenters. The van der Waals surface area contributed by atoms with Crippen LogP contribution < -0.4 is 5.32 Å². The van der Waals surface area contributed by atoms with E-state index in [-0.39, 0.29) is 26.2 Å². The monoisotopic (exact) mass is 405 g/mol. The number of ether oxygens (including phenoxy) is 1. The zero-order valence-electron chi connectivity index (χ0n) is 15.5. The van der Waals surface area contributed by atoms with Gasteiger partial charge in [-0.05, 0) is 11.1 Å². The quantitative estimate of drug-likeness (QED) is 0.479. The number of rotatable bonds is 10. The lowest BCUT2D eigenvalue weighted by atomic mass is 9.96. The van der Waals surface area contributed by atoms with Crippen LogP contribution in [-0.4, -0.2) is 39.7 Å². The molecular weight excluding hydrogens is 382 g/mol. The van der Waals surface area contributed by atoms with Gasteiger partial charge in [-0.25, -0.2) is 0 Å². The summed E-state index contributed by atoms with van der Waals surface area (Å²) >= 11 is 0. The Morgan fingerprint density at radius 2 is 1.61 bits per heavy atom. The number of hydrogen-bond acceptors (Lipinski definition) is 6. The smallest absolute Gasteiger partial charge is 0.325 e. The summed E-state index contributed by atoms with van der Waals surface area (Å²) in [5.74, 6) is -1.42. The normalized spacial score (nSPS) is 12.2. The van der Waals surface area contributed by atoms with Gasteiger partial charge in [0.2, 0.25) is 5.91 Å². The molecule has 2 rings (SSSR count). The predicted molar refractivity (Wildman–Crippen MR) is 104 cm³/mol. The first kappa shape index (κ1) is 21.6. The lowest BCUT2D eigenvalue weighted by Gasteiger charge is -2.16. The van der Waals surface area contributed by atoms with Crippen LogP contribution in [0.3, 0.4) is 0 Å². The highest BCUT2D eigenvalue weighted by Gasteiger charge is 2.19. The zero-order valence-corrected chi connectivity index (χ0v) is 16.4. The molecule has 2 aromatic rings. The SMILES string of the molecule is CS(=O)(=O)OCC(CC(=O)NCC(=O)OCc1ccccc1)c1ccccc1. The third-order valence-corrected chi connectivity index (χ3v) is 4.42. The van der Waals surface area contributed by atoms with Gasteiger partial charge in [0, 0.05) is 12.3 Å². The van der Waals surface area contributed by atoms with Crippen molar-refractivity contribution in [3.8, 4) is 0 Å². The number of nitrogens with one attached hydrogen (secondary N) is 1. The minimum absolute atomic E-state index is 0.0223. The van der Waals surface area contributed by atoms with E-state index in [1.54, 1.807) is 24.3 Å². The van der Waals surface area contributed by atoms with Crippen LogP contribution in [0.1, 0.15) is 23.5 Å². The Kier molecular flexibility index (Phi) is 8.16. The molecule has 0 saturated heterocycles. The lowest BCUT2D eigenvalue weighted by Crippen LogP contribution is -2.32. The molecule has 0 aliphatic rings. The maximum Gasteiger partial charge on any atom is 0.325 e. The van der Waals surface area contributed by atoms with Gasteiger partial charge in [0.1, 0.15) is 13.2 Å². The van der Waals surface area contributed by atoms with Crippen molar-refractivity contribution < 1.29 is 26.9 Å². The second kappa shape index (κ2) is 10.6. The third-order valence-electron chi connectivity index (χ3n) is 3.86. The molecule has 0 aliphatic carbocycles. The Morgan fingerprint density at radius 1 is 1.00 bits per heavy atom. The molecule has 1 amide bonds. The van der Waals surface area contributed by atoms with Crippen molar-refractivity contribution in [2.75, 3.05) is 19.4 Å². The molecule has 0 bridgehead atoms. The van der Waals surface area contributed by atoms with E-state index in [9.17, 15) is 18.0 Å². The summed E-state index contributed by atoms with van der Waals surface area (Å²) in [5.41, 5.74) is 1.62. The summed E-state index contributed by atoms with van der Waals surface area (Å²) in [4.78, 5) is 24.0. The van der Waals surface area contributed by atoms with Gasteiger partial charge in [-0.3, -0.25) is 13.8 Å². The third kappa shape index (κ3) is 8.32. The van der Waals surface area contributed by atoms with E-state index in [4.69, 9.17) is 8.92 Å². The Bertz CT molecular complexity index is 868. The first-order valence-electron chi connectivity index (χ1n) is 8.69. The van der Waals surface area contributed by atoms with Crippen LogP contribution in [0.5, 0.6) is 0 Å². The van der Waals surface area contributed by atoms with Gasteiger partial charge >= 0.3 is 5.97 Å². The van der Waals surface area contributed by atoms with Crippen molar-refractivity contribution in [2.45, 2.75) is 18.9 Å². The van der Waals surface area contributed by atoms with E-state index in [1.807, 2.05) is 36.4 Å². The molecule has 0 aliphatic heterocycles. The van der Waals surface area contributed by atoms with Crippen molar-refractivity contribution in [3.63, 3.8) is 0 Å². The topological polar surface area (TPSA) is 98.8 Å². The molecule has 0 fully saturated rings. The summed E-state index contributed by atoms with van der Waals surface area (Å²) in [6.07, 6.45) is 0.934. The fourth-order valence-corrected chi connectivity index (χ4v) is 2.87. The Hall–Kier alpha value is -2.71. The maximum absolute atomic E-state index is 12.2. The van der Waals surface area contributed by atoms with Gasteiger partial charge in [-0.15, -0.1) is 0 Å². The molecule has 7 nitrogen and oxygen atoms in total. The second-order valence-electron chi connectivity index (χ2n) is 6.22. The summed E-state index contributed by atoms with van der Waals surface area (Å²) in [6, 6.07) is 18.2. The van der Waals surface area contributed by atoms with Gasteiger partial charge in [-0.2, -0.15) is 8.42 Å². The van der Waals surface area contributed by atoms with Crippen LogP contribution in [0.2, 0.25) is 0 Å². The summed E-state index contributed by atoms with van der Waals surface area (Å²) in [7, 11) is -3.63. The largest absolute Gasteiger partial charge is 0.460 e. The Labute approximate surface area is 164 Å². The fourth-order valence-electron chi connectivity index (χ4n) is 2.46. The molecule has 1 unspecified atom stereocenters. The number of amides is 1. The molecule has 2 aromatic carbocycles. The van der Waals surface area contributed by atoms with E-state index in [0.29, 0.717) is 0 Å². The van der Waals surface area contributed by atoms with E-state index in [1.165, 1.54) is 0 Å². The molecule has 150 valence electrons. The molecule has 0 heterocycles. The highest BCUT2D eigenvalue weighted by molar-refractivity contribution is 7.85. The number of benzene rings is 2. The second-order valence-corrected chi connectivity index (χ2v) is 7.87. The van der Waals surface area contributed by atoms with Gasteiger partial charge in [0.05, 0.1) is 12.9 Å². The maximum atomic E-state index is 12.2. The van der Waals surface area contributed by atoms with E-state index >= 15 is 0 Å². The molecule has 28 heavy (non-hydrogen) atoms. The number of esters is 1. The lowest BCUT2D eigenvalue weighted by molar-refractivity contribution is -0.145. The average molecular weight is 405 g/mol. The van der Waals surface area contributed by atoms with Crippen LogP contribution in [0.4, 0.5) is 0 Å². The molecule has 0 spiro atoms.